The van der Waals surface area contributed by atoms with E-state index in [4.69, 9.17) is 5.11 Å². The fraction of sp³-hybridized carbons (Fsp3) is 0.667. The van der Waals surface area contributed by atoms with Crippen molar-refractivity contribution in [1.29, 1.82) is 0 Å². The molecule has 5 heteroatoms. The Hall–Kier alpha value is -0.940. The summed E-state index contributed by atoms with van der Waals surface area (Å²) in [6.45, 7) is 7.71. The summed E-state index contributed by atoms with van der Waals surface area (Å²) in [5.74, 6) is -0.872. The first-order chi connectivity index (χ1) is 7.99. The maximum atomic E-state index is 10.9. The molecule has 1 N–H and O–H groups in total. The predicted octanol–water partition coefficient (Wildman–Crippen LogP) is 2.23. The first-order valence-electron chi connectivity index (χ1n) is 5.90. The van der Waals surface area contributed by atoms with Gasteiger partial charge in [-0.2, -0.15) is 0 Å². The third-order valence-corrected chi connectivity index (χ3v) is 4.68. The van der Waals surface area contributed by atoms with Crippen molar-refractivity contribution >= 4 is 17.3 Å². The fourth-order valence-electron chi connectivity index (χ4n) is 2.44. The van der Waals surface area contributed by atoms with Gasteiger partial charge in [-0.25, -0.2) is 4.98 Å². The molecule has 0 spiro atoms. The standard InChI is InChI=1S/C12H18N2O2S/c1-7-11(17-9(3)13-7)8(2)14-5-4-10(6-14)12(15)16/h8,10H,4-6H2,1-3H3,(H,15,16). The van der Waals surface area contributed by atoms with E-state index in [1.54, 1.807) is 11.3 Å². The van der Waals surface area contributed by atoms with Gasteiger partial charge in [0.2, 0.25) is 0 Å². The molecule has 4 nitrogen and oxygen atoms in total. The lowest BCUT2D eigenvalue weighted by Gasteiger charge is -2.23. The topological polar surface area (TPSA) is 53.4 Å². The van der Waals surface area contributed by atoms with Crippen molar-refractivity contribution in [2.45, 2.75) is 33.2 Å². The molecule has 0 saturated carbocycles. The van der Waals surface area contributed by atoms with Crippen molar-refractivity contribution in [2.75, 3.05) is 13.1 Å². The molecule has 1 saturated heterocycles. The van der Waals surface area contributed by atoms with Gasteiger partial charge < -0.3 is 5.11 Å². The van der Waals surface area contributed by atoms with Crippen LogP contribution in [0.5, 0.6) is 0 Å². The van der Waals surface area contributed by atoms with Gasteiger partial charge in [-0.1, -0.05) is 0 Å². The second kappa shape index (κ2) is 4.74. The van der Waals surface area contributed by atoms with E-state index in [0.29, 0.717) is 6.54 Å². The van der Waals surface area contributed by atoms with E-state index in [9.17, 15) is 4.79 Å². The third kappa shape index (κ3) is 2.50. The van der Waals surface area contributed by atoms with Crippen LogP contribution in [0.2, 0.25) is 0 Å². The van der Waals surface area contributed by atoms with Gasteiger partial charge in [-0.05, 0) is 33.7 Å². The lowest BCUT2D eigenvalue weighted by molar-refractivity contribution is -0.141. The Bertz CT molecular complexity index is 430. The van der Waals surface area contributed by atoms with Crippen LogP contribution in [0.4, 0.5) is 0 Å². The van der Waals surface area contributed by atoms with Crippen LogP contribution in [-0.4, -0.2) is 34.0 Å². The van der Waals surface area contributed by atoms with Gasteiger partial charge in [0.1, 0.15) is 0 Å². The summed E-state index contributed by atoms with van der Waals surface area (Å²) in [5, 5.41) is 10.1. The van der Waals surface area contributed by atoms with Crippen LogP contribution in [0.3, 0.4) is 0 Å². The molecule has 2 rings (SSSR count). The summed E-state index contributed by atoms with van der Waals surface area (Å²) in [6.07, 6.45) is 0.760. The summed E-state index contributed by atoms with van der Waals surface area (Å²) in [7, 11) is 0. The molecular weight excluding hydrogens is 236 g/mol. The van der Waals surface area contributed by atoms with E-state index in [-0.39, 0.29) is 12.0 Å². The number of hydrogen-bond donors (Lipinski definition) is 1. The monoisotopic (exact) mass is 254 g/mol. The molecule has 0 amide bonds. The molecule has 94 valence electrons. The molecule has 1 fully saturated rings. The zero-order valence-corrected chi connectivity index (χ0v) is 11.3. The number of nitrogens with zero attached hydrogens (tertiary/aromatic N) is 2. The average Bonchev–Trinajstić information content (AvgIpc) is 2.84. The van der Waals surface area contributed by atoms with Crippen LogP contribution in [0.15, 0.2) is 0 Å². The molecule has 2 heterocycles. The molecule has 1 aliphatic heterocycles. The Morgan fingerprint density at radius 3 is 2.76 bits per heavy atom. The first kappa shape index (κ1) is 12.5. The Balaban J connectivity index is 2.09. The third-order valence-electron chi connectivity index (χ3n) is 3.44. The van der Waals surface area contributed by atoms with Gasteiger partial charge >= 0.3 is 5.97 Å². The van der Waals surface area contributed by atoms with E-state index in [1.165, 1.54) is 4.88 Å². The Labute approximate surface area is 105 Å². The summed E-state index contributed by atoms with van der Waals surface area (Å²) in [4.78, 5) is 18.9. The van der Waals surface area contributed by atoms with Crippen LogP contribution in [0.1, 0.15) is 35.0 Å². The van der Waals surface area contributed by atoms with Gasteiger partial charge in [-0.15, -0.1) is 11.3 Å². The fourth-order valence-corrected chi connectivity index (χ4v) is 3.45. The van der Waals surface area contributed by atoms with Crippen molar-refractivity contribution < 1.29 is 9.90 Å². The number of aromatic nitrogens is 1. The van der Waals surface area contributed by atoms with Gasteiger partial charge in [-0.3, -0.25) is 9.69 Å². The van der Waals surface area contributed by atoms with Crippen LogP contribution in [-0.2, 0) is 4.79 Å². The van der Waals surface area contributed by atoms with Gasteiger partial charge in [0.05, 0.1) is 16.6 Å². The Kier molecular flexibility index (Phi) is 3.49. The number of carboxylic acid groups (broad SMARTS) is 1. The normalized spacial score (nSPS) is 22.9. The minimum atomic E-state index is -0.670. The van der Waals surface area contributed by atoms with E-state index in [0.717, 1.165) is 23.7 Å². The lowest BCUT2D eigenvalue weighted by Crippen LogP contribution is -2.26. The van der Waals surface area contributed by atoms with Crippen molar-refractivity contribution in [1.82, 2.24) is 9.88 Å². The molecule has 0 aliphatic carbocycles. The summed E-state index contributed by atoms with van der Waals surface area (Å²) >= 11 is 1.72. The number of aryl methyl sites for hydroxylation is 2. The number of carbonyl (C=O) groups is 1. The highest BCUT2D eigenvalue weighted by Gasteiger charge is 2.32. The molecule has 1 aromatic rings. The number of aliphatic carboxylic acids is 1. The highest BCUT2D eigenvalue weighted by Crippen LogP contribution is 2.32. The number of likely N-dealkylation sites (tertiary alicyclic amines) is 1. The number of rotatable bonds is 3. The zero-order valence-electron chi connectivity index (χ0n) is 10.4. The highest BCUT2D eigenvalue weighted by atomic mass is 32.1. The van der Waals surface area contributed by atoms with Crippen molar-refractivity contribution in [3.63, 3.8) is 0 Å². The van der Waals surface area contributed by atoms with Gasteiger partial charge in [0.15, 0.2) is 0 Å². The molecule has 1 aliphatic rings. The number of carboxylic acids is 1. The van der Waals surface area contributed by atoms with Gasteiger partial charge in [0, 0.05) is 17.5 Å². The van der Waals surface area contributed by atoms with Crippen molar-refractivity contribution in [3.8, 4) is 0 Å². The SMILES string of the molecule is Cc1nc(C)c(C(C)N2CCC(C(=O)O)C2)s1. The van der Waals surface area contributed by atoms with E-state index in [1.807, 2.05) is 13.8 Å². The highest BCUT2D eigenvalue weighted by molar-refractivity contribution is 7.11. The lowest BCUT2D eigenvalue weighted by atomic mass is 10.1. The zero-order chi connectivity index (χ0) is 12.6. The van der Waals surface area contributed by atoms with Crippen LogP contribution >= 0.6 is 11.3 Å². The molecule has 2 atom stereocenters. The smallest absolute Gasteiger partial charge is 0.307 e. The number of thiazole rings is 1. The summed E-state index contributed by atoms with van der Waals surface area (Å²) < 4.78 is 0. The minimum absolute atomic E-state index is 0.202. The maximum Gasteiger partial charge on any atom is 0.307 e. The summed E-state index contributed by atoms with van der Waals surface area (Å²) in [6, 6.07) is 0.283. The van der Waals surface area contributed by atoms with E-state index < -0.39 is 5.97 Å². The van der Waals surface area contributed by atoms with Gasteiger partial charge in [0.25, 0.3) is 0 Å². The van der Waals surface area contributed by atoms with E-state index in [2.05, 4.69) is 16.8 Å². The average molecular weight is 254 g/mol. The molecule has 0 aromatic carbocycles. The summed E-state index contributed by atoms with van der Waals surface area (Å²) in [5.41, 5.74) is 1.08. The molecule has 1 aromatic heterocycles. The van der Waals surface area contributed by atoms with E-state index >= 15 is 0 Å². The molecular formula is C12H18N2O2S. The number of hydrogen-bond acceptors (Lipinski definition) is 4. The molecule has 0 radical (unpaired) electrons. The molecule has 17 heavy (non-hydrogen) atoms. The first-order valence-corrected chi connectivity index (χ1v) is 6.71. The minimum Gasteiger partial charge on any atom is -0.481 e. The second-order valence-electron chi connectivity index (χ2n) is 4.68. The predicted molar refractivity (Wildman–Crippen MR) is 67.3 cm³/mol. The quantitative estimate of drug-likeness (QED) is 0.898. The van der Waals surface area contributed by atoms with Crippen LogP contribution < -0.4 is 0 Å². The Morgan fingerprint density at radius 1 is 1.59 bits per heavy atom. The Morgan fingerprint density at radius 2 is 2.29 bits per heavy atom. The molecule has 2 unspecified atom stereocenters. The van der Waals surface area contributed by atoms with Crippen LogP contribution in [0, 0.1) is 19.8 Å². The van der Waals surface area contributed by atoms with Crippen LogP contribution in [0.25, 0.3) is 0 Å². The molecule has 0 bridgehead atoms. The maximum absolute atomic E-state index is 10.9. The van der Waals surface area contributed by atoms with Crippen molar-refractivity contribution in [3.05, 3.63) is 15.6 Å². The van der Waals surface area contributed by atoms with Crippen molar-refractivity contribution in [2.24, 2.45) is 5.92 Å². The largest absolute Gasteiger partial charge is 0.481 e. The second-order valence-corrected chi connectivity index (χ2v) is 5.91.